The highest BCUT2D eigenvalue weighted by Crippen LogP contribution is 2.14. The highest BCUT2D eigenvalue weighted by Gasteiger charge is 2.34. The number of hydrogen-bond acceptors (Lipinski definition) is 4. The van der Waals surface area contributed by atoms with Crippen molar-refractivity contribution in [3.63, 3.8) is 0 Å². The van der Waals surface area contributed by atoms with Gasteiger partial charge in [-0.25, -0.2) is 0 Å². The SMILES string of the molecule is CCCCCCCOCCC(C)(NC(C)C)C(=O)OCC. The first kappa shape index (κ1) is 20.4. The molecule has 0 heterocycles. The van der Waals surface area contributed by atoms with Crippen molar-refractivity contribution in [3.05, 3.63) is 0 Å². The summed E-state index contributed by atoms with van der Waals surface area (Å²) in [7, 11) is 0. The van der Waals surface area contributed by atoms with Crippen LogP contribution in [-0.4, -0.2) is 37.4 Å². The lowest BCUT2D eigenvalue weighted by Crippen LogP contribution is -2.53. The summed E-state index contributed by atoms with van der Waals surface area (Å²) < 4.78 is 10.8. The van der Waals surface area contributed by atoms with Gasteiger partial charge >= 0.3 is 5.97 Å². The summed E-state index contributed by atoms with van der Waals surface area (Å²) in [5.41, 5.74) is -0.660. The fourth-order valence-corrected chi connectivity index (χ4v) is 2.35. The first-order valence-corrected chi connectivity index (χ1v) is 8.49. The second kappa shape index (κ2) is 12.0. The molecule has 0 aliphatic rings. The molecule has 0 spiro atoms. The summed E-state index contributed by atoms with van der Waals surface area (Å²) in [6, 6.07) is 0.230. The van der Waals surface area contributed by atoms with Gasteiger partial charge in [0.25, 0.3) is 0 Å². The topological polar surface area (TPSA) is 47.6 Å². The van der Waals surface area contributed by atoms with Crippen LogP contribution in [0.25, 0.3) is 0 Å². The van der Waals surface area contributed by atoms with Gasteiger partial charge in [-0.1, -0.05) is 32.6 Å². The average molecular weight is 301 g/mol. The van der Waals surface area contributed by atoms with E-state index in [1.165, 1.54) is 25.7 Å². The van der Waals surface area contributed by atoms with E-state index in [1.807, 2.05) is 27.7 Å². The van der Waals surface area contributed by atoms with Crippen molar-refractivity contribution in [1.29, 1.82) is 0 Å². The molecule has 1 unspecified atom stereocenters. The third kappa shape index (κ3) is 9.86. The van der Waals surface area contributed by atoms with Gasteiger partial charge in [0.2, 0.25) is 0 Å². The molecule has 0 saturated carbocycles. The Kier molecular flexibility index (Phi) is 11.6. The van der Waals surface area contributed by atoms with Crippen molar-refractivity contribution >= 4 is 5.97 Å². The Labute approximate surface area is 131 Å². The number of hydrogen-bond donors (Lipinski definition) is 1. The third-order valence-electron chi connectivity index (χ3n) is 3.47. The van der Waals surface area contributed by atoms with Crippen LogP contribution in [0, 0.1) is 0 Å². The molecule has 0 amide bonds. The largest absolute Gasteiger partial charge is 0.465 e. The number of carbonyl (C=O) groups excluding carboxylic acids is 1. The predicted octanol–water partition coefficient (Wildman–Crippen LogP) is 3.68. The van der Waals surface area contributed by atoms with Gasteiger partial charge in [-0.15, -0.1) is 0 Å². The van der Waals surface area contributed by atoms with E-state index in [4.69, 9.17) is 9.47 Å². The lowest BCUT2D eigenvalue weighted by Gasteiger charge is -2.30. The zero-order valence-electron chi connectivity index (χ0n) is 14.7. The van der Waals surface area contributed by atoms with E-state index in [0.29, 0.717) is 19.6 Å². The molecule has 1 N–H and O–H groups in total. The van der Waals surface area contributed by atoms with Crippen LogP contribution in [0.5, 0.6) is 0 Å². The van der Waals surface area contributed by atoms with Crippen LogP contribution >= 0.6 is 0 Å². The molecule has 0 aliphatic carbocycles. The molecule has 4 heteroatoms. The van der Waals surface area contributed by atoms with Gasteiger partial charge in [0.15, 0.2) is 0 Å². The van der Waals surface area contributed by atoms with Gasteiger partial charge in [0.05, 0.1) is 6.61 Å². The Hall–Kier alpha value is -0.610. The summed E-state index contributed by atoms with van der Waals surface area (Å²) in [4.78, 5) is 12.1. The molecule has 0 aliphatic heterocycles. The fraction of sp³-hybridized carbons (Fsp3) is 0.941. The average Bonchev–Trinajstić information content (AvgIpc) is 2.41. The van der Waals surface area contributed by atoms with Gasteiger partial charge in [-0.2, -0.15) is 0 Å². The number of ether oxygens (including phenoxy) is 2. The molecule has 0 bridgehead atoms. The van der Waals surface area contributed by atoms with Crippen LogP contribution in [0.4, 0.5) is 0 Å². The van der Waals surface area contributed by atoms with E-state index in [0.717, 1.165) is 13.0 Å². The molecule has 126 valence electrons. The summed E-state index contributed by atoms with van der Waals surface area (Å²) in [6.45, 7) is 11.8. The standard InChI is InChI=1S/C17H35NO3/c1-6-8-9-10-11-13-20-14-12-17(5,18-15(3)4)16(19)21-7-2/h15,18H,6-14H2,1-5H3. The minimum atomic E-state index is -0.660. The molecular formula is C17H35NO3. The Morgan fingerprint density at radius 3 is 2.33 bits per heavy atom. The molecule has 0 aromatic rings. The summed E-state index contributed by atoms with van der Waals surface area (Å²) in [5, 5.41) is 3.31. The first-order chi connectivity index (χ1) is 9.96. The molecule has 0 saturated heterocycles. The molecule has 0 rings (SSSR count). The maximum absolute atomic E-state index is 12.1. The number of nitrogens with one attached hydrogen (secondary N) is 1. The van der Waals surface area contributed by atoms with Gasteiger partial charge < -0.3 is 9.47 Å². The Balaban J connectivity index is 3.99. The summed E-state index contributed by atoms with van der Waals surface area (Å²) in [6.07, 6.45) is 6.83. The smallest absolute Gasteiger partial charge is 0.326 e. The molecule has 0 aromatic heterocycles. The molecular weight excluding hydrogens is 266 g/mol. The zero-order valence-corrected chi connectivity index (χ0v) is 14.7. The van der Waals surface area contributed by atoms with Crippen molar-refractivity contribution in [3.8, 4) is 0 Å². The van der Waals surface area contributed by atoms with Crippen LogP contribution < -0.4 is 5.32 Å². The minimum Gasteiger partial charge on any atom is -0.465 e. The van der Waals surface area contributed by atoms with E-state index >= 15 is 0 Å². The van der Waals surface area contributed by atoms with Crippen molar-refractivity contribution in [1.82, 2.24) is 5.32 Å². The fourth-order valence-electron chi connectivity index (χ4n) is 2.35. The summed E-state index contributed by atoms with van der Waals surface area (Å²) >= 11 is 0. The number of rotatable bonds is 13. The van der Waals surface area contributed by atoms with Gasteiger partial charge in [-0.05, 0) is 40.5 Å². The quantitative estimate of drug-likeness (QED) is 0.416. The van der Waals surface area contributed by atoms with Gasteiger partial charge in [0, 0.05) is 19.3 Å². The molecule has 0 radical (unpaired) electrons. The lowest BCUT2D eigenvalue weighted by atomic mass is 9.97. The molecule has 1 atom stereocenters. The Bertz CT molecular complexity index is 269. The van der Waals surface area contributed by atoms with Gasteiger partial charge in [-0.3, -0.25) is 10.1 Å². The van der Waals surface area contributed by atoms with Crippen molar-refractivity contribution in [2.24, 2.45) is 0 Å². The Morgan fingerprint density at radius 2 is 1.76 bits per heavy atom. The second-order valence-electron chi connectivity index (χ2n) is 6.13. The van der Waals surface area contributed by atoms with E-state index in [9.17, 15) is 4.79 Å². The maximum atomic E-state index is 12.1. The van der Waals surface area contributed by atoms with Crippen molar-refractivity contribution in [2.45, 2.75) is 84.7 Å². The Morgan fingerprint density at radius 1 is 1.10 bits per heavy atom. The number of esters is 1. The molecule has 4 nitrogen and oxygen atoms in total. The monoisotopic (exact) mass is 301 g/mol. The number of carbonyl (C=O) groups is 1. The summed E-state index contributed by atoms with van der Waals surface area (Å²) in [5.74, 6) is -0.190. The van der Waals surface area contributed by atoms with Crippen LogP contribution in [0.2, 0.25) is 0 Å². The number of unbranched alkanes of at least 4 members (excludes halogenated alkanes) is 4. The van der Waals surface area contributed by atoms with Crippen LogP contribution in [0.3, 0.4) is 0 Å². The van der Waals surface area contributed by atoms with Crippen molar-refractivity contribution in [2.75, 3.05) is 19.8 Å². The van der Waals surface area contributed by atoms with Crippen LogP contribution in [0.15, 0.2) is 0 Å². The zero-order chi connectivity index (χ0) is 16.1. The second-order valence-corrected chi connectivity index (χ2v) is 6.13. The van der Waals surface area contributed by atoms with E-state index in [2.05, 4.69) is 12.2 Å². The third-order valence-corrected chi connectivity index (χ3v) is 3.47. The van der Waals surface area contributed by atoms with Crippen LogP contribution in [0.1, 0.15) is 73.1 Å². The normalized spacial score (nSPS) is 14.2. The first-order valence-electron chi connectivity index (χ1n) is 8.49. The molecule has 0 aromatic carbocycles. The van der Waals surface area contributed by atoms with Gasteiger partial charge in [0.1, 0.15) is 5.54 Å². The molecule has 0 fully saturated rings. The highest BCUT2D eigenvalue weighted by atomic mass is 16.5. The van der Waals surface area contributed by atoms with Crippen LogP contribution in [-0.2, 0) is 14.3 Å². The van der Waals surface area contributed by atoms with E-state index in [1.54, 1.807) is 0 Å². The molecule has 21 heavy (non-hydrogen) atoms. The van der Waals surface area contributed by atoms with E-state index in [-0.39, 0.29) is 12.0 Å². The van der Waals surface area contributed by atoms with Crippen molar-refractivity contribution < 1.29 is 14.3 Å². The van der Waals surface area contributed by atoms with E-state index < -0.39 is 5.54 Å². The minimum absolute atomic E-state index is 0.190. The maximum Gasteiger partial charge on any atom is 0.326 e. The highest BCUT2D eigenvalue weighted by molar-refractivity contribution is 5.80. The lowest BCUT2D eigenvalue weighted by molar-refractivity contribution is -0.151. The predicted molar refractivity (Wildman–Crippen MR) is 87.5 cm³/mol.